The molecule has 2 unspecified atom stereocenters. The predicted octanol–water partition coefficient (Wildman–Crippen LogP) is -1.98. The summed E-state index contributed by atoms with van der Waals surface area (Å²) in [4.78, 5) is 2.35. The molecule has 2 aliphatic rings. The van der Waals surface area contributed by atoms with Crippen LogP contribution in [0.1, 0.15) is 51.4 Å². The highest BCUT2D eigenvalue weighted by molar-refractivity contribution is 7.85. The van der Waals surface area contributed by atoms with Gasteiger partial charge in [0.25, 0.3) is 0 Å². The van der Waals surface area contributed by atoms with Crippen molar-refractivity contribution in [3.05, 3.63) is 24.8 Å². The van der Waals surface area contributed by atoms with Gasteiger partial charge >= 0.3 is 12.7 Å². The number of hydrogen-bond donors (Lipinski definition) is 2. The summed E-state index contributed by atoms with van der Waals surface area (Å²) < 4.78 is 68.0. The van der Waals surface area contributed by atoms with Crippen molar-refractivity contribution in [1.29, 1.82) is 0 Å². The average molecular weight is 493 g/mol. The van der Waals surface area contributed by atoms with Gasteiger partial charge in [0.1, 0.15) is 0 Å². The van der Waals surface area contributed by atoms with Crippen LogP contribution in [0.15, 0.2) is 24.8 Å². The Labute approximate surface area is 191 Å². The third-order valence-electron chi connectivity index (χ3n) is 5.43. The summed E-state index contributed by atoms with van der Waals surface area (Å²) in [6.45, 7) is 3.50. The maximum Gasteiger partial charge on any atom is 0.335 e. The molecule has 2 aliphatic heterocycles. The summed E-state index contributed by atoms with van der Waals surface area (Å²) in [7, 11) is -8.21. The second-order valence-electron chi connectivity index (χ2n) is 8.37. The molecule has 2 atom stereocenters. The standard InChI is InChI=1S/C20H34N4O6S2/c25-31(26,27)17-7-5-11-23-15-13-21(19-23)9-3-1-2-4-10-22-14-16-24(20-22)12-6-8-18-32(28,29)30/h13-16,19-20H,1-12,17-18H2/p+2. The van der Waals surface area contributed by atoms with Gasteiger partial charge in [0.2, 0.25) is 12.4 Å². The molecule has 0 aliphatic carbocycles. The van der Waals surface area contributed by atoms with E-state index in [2.05, 4.69) is 34.2 Å². The molecule has 12 heteroatoms. The Balaban J connectivity index is 1.48. The third-order valence-corrected chi connectivity index (χ3v) is 7.00. The minimum Gasteiger partial charge on any atom is -0.748 e. The first-order valence-corrected chi connectivity index (χ1v) is 14.4. The molecule has 2 N–H and O–H groups in total. The second kappa shape index (κ2) is 13.3. The van der Waals surface area contributed by atoms with Gasteiger partial charge in [-0.25, -0.2) is 26.6 Å². The summed E-state index contributed by atoms with van der Waals surface area (Å²) in [5, 5.41) is 0. The van der Waals surface area contributed by atoms with Gasteiger partial charge < -0.3 is 9.11 Å². The maximum atomic E-state index is 10.6. The first kappa shape index (κ1) is 26.8. The molecular weight excluding hydrogens is 456 g/mol. The highest BCUT2D eigenvalue weighted by Gasteiger charge is 2.18. The van der Waals surface area contributed by atoms with Crippen LogP contribution in [-0.2, 0) is 20.2 Å². The van der Waals surface area contributed by atoms with Gasteiger partial charge in [0.15, 0.2) is 25.5 Å². The number of quaternary nitrogens is 2. The van der Waals surface area contributed by atoms with Crippen molar-refractivity contribution in [2.24, 2.45) is 0 Å². The van der Waals surface area contributed by atoms with Crippen LogP contribution in [0.3, 0.4) is 0 Å². The smallest absolute Gasteiger partial charge is 0.335 e. The zero-order valence-corrected chi connectivity index (χ0v) is 20.2. The molecule has 0 radical (unpaired) electrons. The lowest BCUT2D eigenvalue weighted by molar-refractivity contribution is -0.750. The van der Waals surface area contributed by atoms with E-state index in [1.165, 1.54) is 9.80 Å². The fourth-order valence-electron chi connectivity index (χ4n) is 3.71. The van der Waals surface area contributed by atoms with Gasteiger partial charge in [-0.1, -0.05) is 0 Å². The van der Waals surface area contributed by atoms with E-state index in [4.69, 9.17) is 0 Å². The molecule has 182 valence electrons. The quantitative estimate of drug-likeness (QED) is 0.138. The van der Waals surface area contributed by atoms with Gasteiger partial charge in [0.05, 0.1) is 33.3 Å². The molecule has 0 aromatic rings. The Morgan fingerprint density at radius 3 is 1.38 bits per heavy atom. The molecule has 0 bridgehead atoms. The van der Waals surface area contributed by atoms with E-state index in [9.17, 15) is 25.9 Å². The van der Waals surface area contributed by atoms with Crippen molar-refractivity contribution in [3.8, 4) is 0 Å². The van der Waals surface area contributed by atoms with Crippen molar-refractivity contribution < 1.29 is 44.9 Å². The molecule has 0 aromatic heterocycles. The fourth-order valence-corrected chi connectivity index (χ4v) is 4.83. The third kappa shape index (κ3) is 12.6. The molecular formula is C20H36N4O6S2+2. The summed E-state index contributed by atoms with van der Waals surface area (Å²) >= 11 is 0. The summed E-state index contributed by atoms with van der Waals surface area (Å²) in [5.74, 6) is -0.569. The molecule has 0 spiro atoms. The maximum absolute atomic E-state index is 10.6. The van der Waals surface area contributed by atoms with E-state index < -0.39 is 20.2 Å². The largest absolute Gasteiger partial charge is 0.748 e. The fraction of sp³-hybridized carbons (Fsp3) is 0.700. The van der Waals surface area contributed by atoms with Crippen LogP contribution < -0.4 is 9.80 Å². The van der Waals surface area contributed by atoms with E-state index in [1.807, 2.05) is 12.4 Å². The highest BCUT2D eigenvalue weighted by atomic mass is 32.2. The number of nitrogens with zero attached hydrogens (tertiary/aromatic N) is 2. The Hall–Kier alpha value is -1.44. The minimum absolute atomic E-state index is 0.285. The lowest BCUT2D eigenvalue weighted by Gasteiger charge is -2.06. The van der Waals surface area contributed by atoms with Crippen LogP contribution in [0.5, 0.6) is 0 Å². The molecule has 0 fully saturated rings. The second-order valence-corrected chi connectivity index (χ2v) is 11.4. The molecule has 0 saturated carbocycles. The van der Waals surface area contributed by atoms with Crippen molar-refractivity contribution in [3.63, 3.8) is 0 Å². The zero-order valence-electron chi connectivity index (χ0n) is 18.5. The Morgan fingerprint density at radius 1 is 0.594 bits per heavy atom. The summed E-state index contributed by atoms with van der Waals surface area (Å²) in [6, 6.07) is 0. The monoisotopic (exact) mass is 492 g/mol. The number of hydrogen-bond acceptors (Lipinski definition) is 6. The van der Waals surface area contributed by atoms with Crippen LogP contribution in [0.25, 0.3) is 0 Å². The van der Waals surface area contributed by atoms with Crippen LogP contribution in [0.2, 0.25) is 0 Å². The topological polar surface area (TPSA) is 129 Å². The first-order chi connectivity index (χ1) is 15.1. The van der Waals surface area contributed by atoms with E-state index in [1.54, 1.807) is 0 Å². The van der Waals surface area contributed by atoms with E-state index >= 15 is 0 Å². The van der Waals surface area contributed by atoms with Gasteiger partial charge in [-0.3, -0.25) is 0 Å². The molecule has 0 aromatic carbocycles. The lowest BCUT2D eigenvalue weighted by atomic mass is 10.2. The van der Waals surface area contributed by atoms with Crippen molar-refractivity contribution in [1.82, 2.24) is 0 Å². The molecule has 10 nitrogen and oxygen atoms in total. The van der Waals surface area contributed by atoms with Crippen LogP contribution in [-0.4, -0.2) is 85.5 Å². The minimum atomic E-state index is -4.10. The van der Waals surface area contributed by atoms with Crippen LogP contribution in [0.4, 0.5) is 0 Å². The lowest BCUT2D eigenvalue weighted by Crippen LogP contribution is -3.06. The summed E-state index contributed by atoms with van der Waals surface area (Å²) in [6.07, 6.45) is 19.1. The van der Waals surface area contributed by atoms with Gasteiger partial charge in [0, 0.05) is 24.3 Å². The van der Waals surface area contributed by atoms with Crippen LogP contribution in [0, 0.1) is 0 Å². The van der Waals surface area contributed by atoms with E-state index in [-0.39, 0.29) is 11.5 Å². The molecule has 32 heavy (non-hydrogen) atoms. The average Bonchev–Trinajstić information content (AvgIpc) is 3.33. The number of unbranched alkanes of at least 4 members (excludes halogenated alkanes) is 5. The van der Waals surface area contributed by atoms with Gasteiger partial charge in [-0.15, -0.1) is 0 Å². The Bertz CT molecular complexity index is 850. The zero-order chi connectivity index (χ0) is 23.5. The predicted molar refractivity (Wildman–Crippen MR) is 118 cm³/mol. The van der Waals surface area contributed by atoms with Crippen molar-refractivity contribution in [2.45, 2.75) is 51.4 Å². The SMILES string of the molecule is O=S(=O)([O-])CCCC[NH+]1C=C[N+](CCCCCC[N+]2=C[NH+](CCCCS(=O)(=O)[O-])C=C2)=C1. The van der Waals surface area contributed by atoms with E-state index in [0.717, 1.165) is 51.9 Å². The first-order valence-electron chi connectivity index (χ1n) is 11.3. The molecule has 0 saturated heterocycles. The number of nitrogens with one attached hydrogen (secondary N) is 2. The molecule has 2 heterocycles. The Morgan fingerprint density at radius 2 is 1.00 bits per heavy atom. The summed E-state index contributed by atoms with van der Waals surface area (Å²) in [5.41, 5.74) is 0. The van der Waals surface area contributed by atoms with Crippen molar-refractivity contribution in [2.75, 3.05) is 37.7 Å². The highest BCUT2D eigenvalue weighted by Crippen LogP contribution is 2.01. The number of rotatable bonds is 17. The van der Waals surface area contributed by atoms with Gasteiger partial charge in [-0.2, -0.15) is 9.15 Å². The molecule has 0 amide bonds. The normalized spacial score (nSPS) is 20.7. The van der Waals surface area contributed by atoms with Crippen LogP contribution >= 0.6 is 0 Å². The van der Waals surface area contributed by atoms with Crippen molar-refractivity contribution >= 4 is 32.9 Å². The molecule has 2 rings (SSSR count). The van der Waals surface area contributed by atoms with E-state index in [0.29, 0.717) is 25.7 Å². The Kier molecular flexibility index (Phi) is 11.2. The van der Waals surface area contributed by atoms with Gasteiger partial charge in [-0.05, 0) is 38.5 Å².